The number of esters is 1. The van der Waals surface area contributed by atoms with Crippen LogP contribution in [0.3, 0.4) is 0 Å². The maximum absolute atomic E-state index is 13.2. The van der Waals surface area contributed by atoms with Crippen LogP contribution < -0.4 is 16.4 Å². The molecule has 0 radical (unpaired) electrons. The van der Waals surface area contributed by atoms with Crippen LogP contribution in [-0.4, -0.2) is 19.0 Å². The standard InChI is InChI=1S/C30H32BrN3O3/c1-4-30(32,5-2)21-11-14-23(15-12-21)33-28(20-9-6-19(7-10-20)8-17-26(35)37-3)27-24-16-13-22(31)18-25(24)34-29(27)36/h6-7,9-16,18,33H,4-5,8,17,32H2,1-3H3,(H,34,36)/b28-27-. The number of benzene rings is 3. The zero-order valence-corrected chi connectivity index (χ0v) is 22.9. The fourth-order valence-electron chi connectivity index (χ4n) is 4.55. The van der Waals surface area contributed by atoms with Gasteiger partial charge in [-0.25, -0.2) is 0 Å². The molecule has 0 aromatic heterocycles. The van der Waals surface area contributed by atoms with Gasteiger partial charge in [0, 0.05) is 27.7 Å². The zero-order valence-electron chi connectivity index (χ0n) is 21.4. The number of nitrogens with two attached hydrogens (primary N) is 1. The first-order valence-corrected chi connectivity index (χ1v) is 13.3. The molecule has 1 amide bonds. The van der Waals surface area contributed by atoms with Crippen molar-refractivity contribution in [3.05, 3.63) is 93.5 Å². The summed E-state index contributed by atoms with van der Waals surface area (Å²) in [4.78, 5) is 24.7. The highest BCUT2D eigenvalue weighted by atomic mass is 79.9. The van der Waals surface area contributed by atoms with Crippen molar-refractivity contribution in [1.82, 2.24) is 0 Å². The van der Waals surface area contributed by atoms with Crippen LogP contribution in [0.1, 0.15) is 55.4 Å². The highest BCUT2D eigenvalue weighted by molar-refractivity contribution is 9.10. The molecule has 1 heterocycles. The van der Waals surface area contributed by atoms with E-state index in [1.807, 2.05) is 66.7 Å². The molecule has 1 aliphatic rings. The van der Waals surface area contributed by atoms with Gasteiger partial charge in [-0.3, -0.25) is 9.59 Å². The maximum Gasteiger partial charge on any atom is 0.305 e. The lowest BCUT2D eigenvalue weighted by molar-refractivity contribution is -0.140. The van der Waals surface area contributed by atoms with E-state index in [4.69, 9.17) is 10.5 Å². The molecule has 4 N–H and O–H groups in total. The molecule has 3 aromatic rings. The predicted octanol–water partition coefficient (Wildman–Crippen LogP) is 6.46. The summed E-state index contributed by atoms with van der Waals surface area (Å²) in [7, 11) is 1.39. The molecule has 0 saturated carbocycles. The van der Waals surface area contributed by atoms with E-state index >= 15 is 0 Å². The van der Waals surface area contributed by atoms with Gasteiger partial charge in [0.25, 0.3) is 5.91 Å². The molecule has 3 aromatic carbocycles. The van der Waals surface area contributed by atoms with Crippen molar-refractivity contribution in [3.63, 3.8) is 0 Å². The molecular weight excluding hydrogens is 530 g/mol. The smallest absolute Gasteiger partial charge is 0.305 e. The second kappa shape index (κ2) is 11.3. The third-order valence-corrected chi connectivity index (χ3v) is 7.55. The summed E-state index contributed by atoms with van der Waals surface area (Å²) in [5.41, 5.74) is 12.9. The number of rotatable bonds is 9. The lowest BCUT2D eigenvalue weighted by Crippen LogP contribution is -2.34. The number of carbonyl (C=O) groups excluding carboxylic acids is 2. The minimum Gasteiger partial charge on any atom is -0.469 e. The Morgan fingerprint density at radius 3 is 2.32 bits per heavy atom. The second-order valence-corrected chi connectivity index (χ2v) is 10.1. The summed E-state index contributed by atoms with van der Waals surface area (Å²) in [5, 5.41) is 6.49. The van der Waals surface area contributed by atoms with Crippen LogP contribution in [0.4, 0.5) is 11.4 Å². The average Bonchev–Trinajstić information content (AvgIpc) is 3.24. The van der Waals surface area contributed by atoms with Crippen molar-refractivity contribution in [1.29, 1.82) is 0 Å². The molecule has 0 atom stereocenters. The normalized spacial score (nSPS) is 14.1. The summed E-state index contributed by atoms with van der Waals surface area (Å²) in [5.74, 6) is -0.407. The lowest BCUT2D eigenvalue weighted by atomic mass is 9.86. The highest BCUT2D eigenvalue weighted by Crippen LogP contribution is 2.39. The number of ether oxygens (including phenoxy) is 1. The first-order valence-electron chi connectivity index (χ1n) is 12.5. The minimum absolute atomic E-state index is 0.167. The number of amides is 1. The van der Waals surface area contributed by atoms with Gasteiger partial charge in [-0.2, -0.15) is 0 Å². The number of nitrogens with one attached hydrogen (secondary N) is 2. The summed E-state index contributed by atoms with van der Waals surface area (Å²) in [6.45, 7) is 4.20. The van der Waals surface area contributed by atoms with E-state index in [1.54, 1.807) is 0 Å². The van der Waals surface area contributed by atoms with Gasteiger partial charge < -0.3 is 21.1 Å². The molecule has 192 valence electrons. The van der Waals surface area contributed by atoms with E-state index in [-0.39, 0.29) is 17.4 Å². The van der Waals surface area contributed by atoms with Gasteiger partial charge in [-0.15, -0.1) is 0 Å². The molecule has 37 heavy (non-hydrogen) atoms. The Morgan fingerprint density at radius 1 is 1.03 bits per heavy atom. The SMILES string of the molecule is CCC(N)(CC)c1ccc(N/C(=C2\C(=O)Nc3cc(Br)ccc32)c2ccc(CCC(=O)OC)cc2)cc1. The molecule has 6 nitrogen and oxygen atoms in total. The van der Waals surface area contributed by atoms with Crippen molar-refractivity contribution >= 4 is 50.5 Å². The fourth-order valence-corrected chi connectivity index (χ4v) is 4.91. The third kappa shape index (κ3) is 5.78. The summed E-state index contributed by atoms with van der Waals surface area (Å²) >= 11 is 3.49. The van der Waals surface area contributed by atoms with Crippen LogP contribution in [-0.2, 0) is 26.3 Å². The molecular formula is C30H32BrN3O3. The van der Waals surface area contributed by atoms with Crippen LogP contribution in [0, 0.1) is 0 Å². The average molecular weight is 563 g/mol. The maximum atomic E-state index is 13.2. The highest BCUT2D eigenvalue weighted by Gasteiger charge is 2.29. The molecule has 0 unspecified atom stereocenters. The number of aryl methyl sites for hydroxylation is 1. The van der Waals surface area contributed by atoms with Crippen LogP contribution in [0.2, 0.25) is 0 Å². The Labute approximate surface area is 226 Å². The van der Waals surface area contributed by atoms with Crippen LogP contribution in [0.15, 0.2) is 71.2 Å². The number of halogens is 1. The Balaban J connectivity index is 1.74. The van der Waals surface area contributed by atoms with Crippen LogP contribution in [0.5, 0.6) is 0 Å². The number of fused-ring (bicyclic) bond motifs is 1. The van der Waals surface area contributed by atoms with Crippen LogP contribution >= 0.6 is 15.9 Å². The Hall–Kier alpha value is -3.42. The third-order valence-electron chi connectivity index (χ3n) is 7.06. The van der Waals surface area contributed by atoms with Gasteiger partial charge in [0.05, 0.1) is 24.1 Å². The number of carbonyl (C=O) groups is 2. The predicted molar refractivity (Wildman–Crippen MR) is 153 cm³/mol. The van der Waals surface area contributed by atoms with Gasteiger partial charge in [-0.1, -0.05) is 72.2 Å². The summed E-state index contributed by atoms with van der Waals surface area (Å²) in [6, 6.07) is 21.8. The number of hydrogen-bond donors (Lipinski definition) is 3. The molecule has 0 fully saturated rings. The molecule has 0 aliphatic carbocycles. The molecule has 7 heteroatoms. The largest absolute Gasteiger partial charge is 0.469 e. The molecule has 1 aliphatic heterocycles. The van der Waals surface area contributed by atoms with Crippen molar-refractivity contribution in [2.24, 2.45) is 5.73 Å². The molecule has 4 rings (SSSR count). The van der Waals surface area contributed by atoms with Gasteiger partial charge in [-0.05, 0) is 60.2 Å². The first-order chi connectivity index (χ1) is 17.8. The van der Waals surface area contributed by atoms with E-state index in [9.17, 15) is 9.59 Å². The monoisotopic (exact) mass is 561 g/mol. The van der Waals surface area contributed by atoms with Gasteiger partial charge in [0.1, 0.15) is 0 Å². The Morgan fingerprint density at radius 2 is 1.70 bits per heavy atom. The fraction of sp³-hybridized carbons (Fsp3) is 0.267. The number of anilines is 2. The quantitative estimate of drug-likeness (QED) is 0.206. The van der Waals surface area contributed by atoms with Crippen LogP contribution in [0.25, 0.3) is 11.3 Å². The van der Waals surface area contributed by atoms with Gasteiger partial charge >= 0.3 is 5.97 Å². The van der Waals surface area contributed by atoms with Crippen molar-refractivity contribution in [2.75, 3.05) is 17.7 Å². The molecule has 0 bridgehead atoms. The van der Waals surface area contributed by atoms with E-state index < -0.39 is 0 Å². The van der Waals surface area contributed by atoms with Crippen molar-refractivity contribution in [2.45, 2.75) is 45.1 Å². The molecule has 0 saturated heterocycles. The van der Waals surface area contributed by atoms with E-state index in [0.29, 0.717) is 24.1 Å². The topological polar surface area (TPSA) is 93.5 Å². The zero-order chi connectivity index (χ0) is 26.6. The van der Waals surface area contributed by atoms with Crippen molar-refractivity contribution in [3.8, 4) is 0 Å². The van der Waals surface area contributed by atoms with Crippen molar-refractivity contribution < 1.29 is 14.3 Å². The molecule has 0 spiro atoms. The first kappa shape index (κ1) is 26.6. The number of methoxy groups -OCH3 is 1. The van der Waals surface area contributed by atoms with E-state index in [2.05, 4.69) is 40.4 Å². The van der Waals surface area contributed by atoms with E-state index in [0.717, 1.165) is 50.9 Å². The Bertz CT molecular complexity index is 1330. The summed E-state index contributed by atoms with van der Waals surface area (Å²) < 4.78 is 5.65. The second-order valence-electron chi connectivity index (χ2n) is 9.23. The Kier molecular flexibility index (Phi) is 8.15. The van der Waals surface area contributed by atoms with Gasteiger partial charge in [0.2, 0.25) is 0 Å². The summed E-state index contributed by atoms with van der Waals surface area (Å²) in [6.07, 6.45) is 2.60. The lowest BCUT2D eigenvalue weighted by Gasteiger charge is -2.27. The van der Waals surface area contributed by atoms with E-state index in [1.165, 1.54) is 7.11 Å². The van der Waals surface area contributed by atoms with Gasteiger partial charge in [0.15, 0.2) is 0 Å². The minimum atomic E-state index is -0.364. The number of hydrogen-bond acceptors (Lipinski definition) is 5.